The van der Waals surface area contributed by atoms with Gasteiger partial charge >= 0.3 is 0 Å². The van der Waals surface area contributed by atoms with Crippen LogP contribution in [0, 0.1) is 17.2 Å². The fourth-order valence-electron chi connectivity index (χ4n) is 3.20. The van der Waals surface area contributed by atoms with E-state index in [0.717, 1.165) is 23.5 Å². The Balaban J connectivity index is 1.91. The second kappa shape index (κ2) is 6.69. The summed E-state index contributed by atoms with van der Waals surface area (Å²) in [6.45, 7) is 2.12. The number of hydrogen-bond acceptors (Lipinski definition) is 4. The van der Waals surface area contributed by atoms with Gasteiger partial charge in [-0.3, -0.25) is 5.41 Å². The molecular weight excluding hydrogens is 330 g/mol. The Morgan fingerprint density at radius 2 is 2.00 bits per heavy atom. The first-order chi connectivity index (χ1) is 11.5. The Labute approximate surface area is 144 Å². The first-order valence-corrected chi connectivity index (χ1v) is 8.71. The van der Waals surface area contributed by atoms with Gasteiger partial charge in [0.25, 0.3) is 0 Å². The molecule has 0 saturated carbocycles. The van der Waals surface area contributed by atoms with E-state index in [1.54, 1.807) is 6.92 Å². The molecule has 0 radical (unpaired) electrons. The molecule has 0 aromatic heterocycles. The van der Waals surface area contributed by atoms with Gasteiger partial charge < -0.3 is 10.1 Å². The lowest BCUT2D eigenvalue weighted by Gasteiger charge is -2.39. The molecule has 3 nitrogen and oxygen atoms in total. The molecule has 1 aromatic carbocycles. The number of nitrogens with one attached hydrogen (secondary N) is 2. The molecule has 1 aromatic rings. The molecule has 0 amide bonds. The highest BCUT2D eigenvalue weighted by molar-refractivity contribution is 8.14. The molecular formula is C18H20F2N2OS. The standard InChI is InChI=1S/C18H20F2N2OS/c1-11-13(19)7-8-14(20)16(11)17(21)24-18(22-2)9-10-23-15-6-4-3-5-12(15)18/h3-8,11,16,21-22H,9-10H2,1-2H3. The molecule has 0 spiro atoms. The van der Waals surface area contributed by atoms with E-state index >= 15 is 0 Å². The van der Waals surface area contributed by atoms with Gasteiger partial charge in [-0.2, -0.15) is 0 Å². The summed E-state index contributed by atoms with van der Waals surface area (Å²) in [6.07, 6.45) is 2.91. The second-order valence-electron chi connectivity index (χ2n) is 6.01. The average Bonchev–Trinajstić information content (AvgIpc) is 2.59. The minimum absolute atomic E-state index is 0.116. The highest BCUT2D eigenvalue weighted by Crippen LogP contribution is 2.48. The third-order valence-corrected chi connectivity index (χ3v) is 6.09. The smallest absolute Gasteiger partial charge is 0.125 e. The molecule has 0 bridgehead atoms. The highest BCUT2D eigenvalue weighted by Gasteiger charge is 2.42. The minimum Gasteiger partial charge on any atom is -0.493 e. The van der Waals surface area contributed by atoms with Crippen molar-refractivity contribution < 1.29 is 13.5 Å². The van der Waals surface area contributed by atoms with E-state index in [1.807, 2.05) is 31.3 Å². The summed E-state index contributed by atoms with van der Waals surface area (Å²) in [5.41, 5.74) is 0.928. The summed E-state index contributed by atoms with van der Waals surface area (Å²) in [4.78, 5) is -0.580. The van der Waals surface area contributed by atoms with Crippen molar-refractivity contribution in [2.75, 3.05) is 13.7 Å². The summed E-state index contributed by atoms with van der Waals surface area (Å²) in [6, 6.07) is 7.64. The molecule has 1 aliphatic heterocycles. The van der Waals surface area contributed by atoms with Crippen molar-refractivity contribution in [1.29, 1.82) is 5.41 Å². The van der Waals surface area contributed by atoms with Gasteiger partial charge in [0.1, 0.15) is 22.3 Å². The van der Waals surface area contributed by atoms with Crippen LogP contribution >= 0.6 is 11.8 Å². The molecule has 0 saturated heterocycles. The maximum absolute atomic E-state index is 14.3. The monoisotopic (exact) mass is 350 g/mol. The van der Waals surface area contributed by atoms with Crippen LogP contribution < -0.4 is 10.1 Å². The zero-order valence-corrected chi connectivity index (χ0v) is 14.4. The Kier molecular flexibility index (Phi) is 4.78. The van der Waals surface area contributed by atoms with Crippen molar-refractivity contribution >= 4 is 16.8 Å². The van der Waals surface area contributed by atoms with E-state index in [-0.39, 0.29) is 5.04 Å². The van der Waals surface area contributed by atoms with E-state index in [2.05, 4.69) is 5.32 Å². The van der Waals surface area contributed by atoms with E-state index < -0.39 is 28.4 Å². The summed E-state index contributed by atoms with van der Waals surface area (Å²) >= 11 is 1.24. The van der Waals surface area contributed by atoms with Gasteiger partial charge in [-0.05, 0) is 25.3 Å². The maximum Gasteiger partial charge on any atom is 0.125 e. The lowest BCUT2D eigenvalue weighted by molar-refractivity contribution is 0.244. The molecule has 128 valence electrons. The number of thioether (sulfide) groups is 1. The maximum atomic E-state index is 14.3. The molecule has 2 aliphatic rings. The number of ether oxygens (including phenoxy) is 1. The van der Waals surface area contributed by atoms with Crippen molar-refractivity contribution in [3.8, 4) is 5.75 Å². The van der Waals surface area contributed by atoms with Crippen molar-refractivity contribution in [1.82, 2.24) is 5.32 Å². The molecule has 1 heterocycles. The van der Waals surface area contributed by atoms with Crippen LogP contribution in [0.2, 0.25) is 0 Å². The first-order valence-electron chi connectivity index (χ1n) is 7.90. The van der Waals surface area contributed by atoms with Gasteiger partial charge in [-0.15, -0.1) is 0 Å². The SMILES string of the molecule is CNC1(SC(=N)C2C(F)=CC=C(F)C2C)CCOc2ccccc21. The fraction of sp³-hybridized carbons (Fsp3) is 0.389. The van der Waals surface area contributed by atoms with E-state index in [9.17, 15) is 8.78 Å². The minimum atomic E-state index is -0.875. The van der Waals surface area contributed by atoms with Crippen molar-refractivity contribution in [3.63, 3.8) is 0 Å². The van der Waals surface area contributed by atoms with Gasteiger partial charge in [0, 0.05) is 17.9 Å². The third-order valence-electron chi connectivity index (χ3n) is 4.64. The van der Waals surface area contributed by atoms with E-state index in [1.165, 1.54) is 11.8 Å². The molecule has 6 heteroatoms. The van der Waals surface area contributed by atoms with Gasteiger partial charge in [0.2, 0.25) is 0 Å². The molecule has 3 unspecified atom stereocenters. The lowest BCUT2D eigenvalue weighted by atomic mass is 9.89. The van der Waals surface area contributed by atoms with Gasteiger partial charge in [-0.1, -0.05) is 36.9 Å². The largest absolute Gasteiger partial charge is 0.493 e. The van der Waals surface area contributed by atoms with Gasteiger partial charge in [-0.25, -0.2) is 8.78 Å². The van der Waals surface area contributed by atoms with E-state index in [0.29, 0.717) is 13.0 Å². The molecule has 1 aliphatic carbocycles. The lowest BCUT2D eigenvalue weighted by Crippen LogP contribution is -2.43. The van der Waals surface area contributed by atoms with E-state index in [4.69, 9.17) is 10.1 Å². The van der Waals surface area contributed by atoms with Crippen LogP contribution in [-0.2, 0) is 4.87 Å². The number of fused-ring (bicyclic) bond motifs is 1. The van der Waals surface area contributed by atoms with Crippen LogP contribution in [0.3, 0.4) is 0 Å². The molecule has 3 atom stereocenters. The van der Waals surface area contributed by atoms with Crippen molar-refractivity contribution in [2.45, 2.75) is 18.2 Å². The number of benzene rings is 1. The van der Waals surface area contributed by atoms with Crippen LogP contribution in [0.5, 0.6) is 5.75 Å². The van der Waals surface area contributed by atoms with Crippen molar-refractivity contribution in [2.24, 2.45) is 11.8 Å². The predicted octanol–water partition coefficient (Wildman–Crippen LogP) is 4.52. The highest BCUT2D eigenvalue weighted by atomic mass is 32.2. The summed E-state index contributed by atoms with van der Waals surface area (Å²) in [5, 5.41) is 11.8. The normalized spacial score (nSPS) is 29.2. The number of para-hydroxylation sites is 1. The number of halogens is 2. The molecule has 0 fully saturated rings. The van der Waals surface area contributed by atoms with Crippen LogP contribution in [0.15, 0.2) is 48.1 Å². The second-order valence-corrected chi connectivity index (χ2v) is 7.35. The van der Waals surface area contributed by atoms with Crippen LogP contribution in [0.4, 0.5) is 8.78 Å². The molecule has 24 heavy (non-hydrogen) atoms. The summed E-state index contributed by atoms with van der Waals surface area (Å²) < 4.78 is 33.8. The zero-order valence-electron chi connectivity index (χ0n) is 13.6. The van der Waals surface area contributed by atoms with Crippen molar-refractivity contribution in [3.05, 3.63) is 53.6 Å². The first kappa shape index (κ1) is 17.2. The molecule has 3 rings (SSSR count). The Hall–Kier alpha value is -1.66. The Morgan fingerprint density at radius 3 is 2.75 bits per heavy atom. The number of allylic oxidation sites excluding steroid dienone is 4. The molecule has 2 N–H and O–H groups in total. The third kappa shape index (κ3) is 2.89. The summed E-state index contributed by atoms with van der Waals surface area (Å²) in [7, 11) is 1.82. The van der Waals surface area contributed by atoms with Crippen LogP contribution in [-0.4, -0.2) is 18.7 Å². The Morgan fingerprint density at radius 1 is 1.29 bits per heavy atom. The average molecular weight is 350 g/mol. The number of hydrogen-bond donors (Lipinski definition) is 2. The van der Waals surface area contributed by atoms with Gasteiger partial charge in [0.15, 0.2) is 0 Å². The fourth-order valence-corrected chi connectivity index (χ4v) is 4.58. The summed E-state index contributed by atoms with van der Waals surface area (Å²) in [5.74, 6) is -1.64. The number of rotatable bonds is 3. The van der Waals surface area contributed by atoms with Crippen LogP contribution in [0.1, 0.15) is 18.9 Å². The van der Waals surface area contributed by atoms with Gasteiger partial charge in [0.05, 0.1) is 17.6 Å². The Bertz CT molecular complexity index is 719. The van der Waals surface area contributed by atoms with Crippen LogP contribution in [0.25, 0.3) is 0 Å². The zero-order chi connectivity index (χ0) is 17.3. The quantitative estimate of drug-likeness (QED) is 0.478. The predicted molar refractivity (Wildman–Crippen MR) is 93.6 cm³/mol. The topological polar surface area (TPSA) is 45.1 Å².